The molecule has 0 aliphatic heterocycles. The van der Waals surface area contributed by atoms with E-state index in [-0.39, 0.29) is 16.9 Å². The molecular formula is C52H49N3O9S2. The average molecular weight is 924 g/mol. The van der Waals surface area contributed by atoms with Crippen LogP contribution in [0.5, 0.6) is 11.5 Å². The Morgan fingerprint density at radius 2 is 1.12 bits per heavy atom. The van der Waals surface area contributed by atoms with Crippen molar-refractivity contribution in [2.24, 2.45) is 0 Å². The molecule has 14 heteroatoms. The summed E-state index contributed by atoms with van der Waals surface area (Å²) in [6, 6.07) is 50.9. The molecule has 0 spiro atoms. The highest BCUT2D eigenvalue weighted by Crippen LogP contribution is 2.38. The first kappa shape index (κ1) is 46.9. The van der Waals surface area contributed by atoms with Crippen LogP contribution < -0.4 is 19.3 Å². The topological polar surface area (TPSA) is 171 Å². The number of carbonyl (C=O) groups is 2. The lowest BCUT2D eigenvalue weighted by Crippen LogP contribution is -2.32. The van der Waals surface area contributed by atoms with Crippen LogP contribution in [0.25, 0.3) is 0 Å². The normalized spacial score (nSPS) is 11.6. The number of ether oxygens (including phenoxy) is 1. The predicted molar refractivity (Wildman–Crippen MR) is 255 cm³/mol. The van der Waals surface area contributed by atoms with Crippen molar-refractivity contribution in [1.82, 2.24) is 4.72 Å². The molecule has 7 rings (SSSR count). The van der Waals surface area contributed by atoms with E-state index in [0.717, 1.165) is 47.7 Å². The molecule has 0 bridgehead atoms. The lowest BCUT2D eigenvalue weighted by molar-refractivity contribution is -0.133. The Morgan fingerprint density at radius 1 is 0.621 bits per heavy atom. The van der Waals surface area contributed by atoms with E-state index in [0.29, 0.717) is 29.8 Å². The number of carbonyl (C=O) groups excluding carboxylic acids is 2. The largest absolute Gasteiger partial charge is 0.507 e. The van der Waals surface area contributed by atoms with E-state index in [1.807, 2.05) is 84.9 Å². The fourth-order valence-corrected chi connectivity index (χ4v) is 9.58. The molecule has 0 saturated carbocycles. The van der Waals surface area contributed by atoms with E-state index < -0.39 is 59.9 Å². The zero-order valence-electron chi connectivity index (χ0n) is 36.3. The van der Waals surface area contributed by atoms with E-state index in [1.165, 1.54) is 24.3 Å². The van der Waals surface area contributed by atoms with Gasteiger partial charge in [-0.15, -0.1) is 0 Å². The fraction of sp³-hybridized carbons (Fsp3) is 0.154. The van der Waals surface area contributed by atoms with E-state index in [1.54, 1.807) is 30.3 Å². The molecule has 0 heterocycles. The van der Waals surface area contributed by atoms with Crippen LogP contribution in [-0.2, 0) is 38.0 Å². The Morgan fingerprint density at radius 3 is 1.59 bits per heavy atom. The molecule has 7 aromatic rings. The Labute approximate surface area is 385 Å². The van der Waals surface area contributed by atoms with Crippen molar-refractivity contribution in [1.29, 1.82) is 0 Å². The lowest BCUT2D eigenvalue weighted by atomic mass is 9.85. The van der Waals surface area contributed by atoms with E-state index in [4.69, 9.17) is 4.74 Å². The number of phenolic OH excluding ortho intramolecular Hbond substituents is 1. The van der Waals surface area contributed by atoms with Gasteiger partial charge in [0.1, 0.15) is 18.0 Å². The summed E-state index contributed by atoms with van der Waals surface area (Å²) in [5, 5.41) is 10.5. The van der Waals surface area contributed by atoms with Gasteiger partial charge in [-0.05, 0) is 90.2 Å². The number of hydrogen-bond acceptors (Lipinski definition) is 10. The number of hydrogen-bond donors (Lipinski definition) is 3. The summed E-state index contributed by atoms with van der Waals surface area (Å²) in [5.74, 6) is -2.90. The van der Waals surface area contributed by atoms with Crippen molar-refractivity contribution in [3.8, 4) is 11.5 Å². The maximum absolute atomic E-state index is 13.6. The smallest absolute Gasteiger partial charge is 0.326 e. The summed E-state index contributed by atoms with van der Waals surface area (Å²) in [4.78, 5) is 28.9. The first-order valence-electron chi connectivity index (χ1n) is 21.3. The third-order valence-corrected chi connectivity index (χ3v) is 13.5. The van der Waals surface area contributed by atoms with Crippen LogP contribution in [0.15, 0.2) is 186 Å². The van der Waals surface area contributed by atoms with Crippen LogP contribution in [0.3, 0.4) is 0 Å². The quantitative estimate of drug-likeness (QED) is 0.0233. The summed E-state index contributed by atoms with van der Waals surface area (Å²) >= 11 is 0. The predicted octanol–water partition coefficient (Wildman–Crippen LogP) is 8.99. The molecule has 0 aliphatic carbocycles. The molecule has 0 unspecified atom stereocenters. The van der Waals surface area contributed by atoms with Gasteiger partial charge in [0.05, 0.1) is 15.4 Å². The second-order valence-corrected chi connectivity index (χ2v) is 18.6. The second kappa shape index (κ2) is 20.8. The summed E-state index contributed by atoms with van der Waals surface area (Å²) in [5.41, 5.74) is 5.95. The Bertz CT molecular complexity index is 2920. The molecule has 0 saturated heterocycles. The Kier molecular flexibility index (Phi) is 14.8. The first-order chi connectivity index (χ1) is 31.7. The second-order valence-electron chi connectivity index (χ2n) is 15.5. The molecule has 0 fully saturated rings. The Balaban J connectivity index is 1.17. The summed E-state index contributed by atoms with van der Waals surface area (Å²) < 4.78 is 71.9. The third-order valence-electron chi connectivity index (χ3n) is 11.2. The highest BCUT2D eigenvalue weighted by atomic mass is 32.2. The van der Waals surface area contributed by atoms with Crippen molar-refractivity contribution in [2.45, 2.75) is 42.6 Å². The van der Waals surface area contributed by atoms with Crippen LogP contribution in [-0.4, -0.2) is 57.9 Å². The number of aromatic hydroxyl groups is 1. The van der Waals surface area contributed by atoms with Gasteiger partial charge < -0.3 is 19.6 Å². The Hall–Kier alpha value is -7.10. The van der Waals surface area contributed by atoms with Crippen LogP contribution in [0, 0.1) is 0 Å². The lowest BCUT2D eigenvalue weighted by Gasteiger charge is -2.26. The van der Waals surface area contributed by atoms with Gasteiger partial charge in [-0.25, -0.2) is 8.42 Å². The van der Waals surface area contributed by atoms with Gasteiger partial charge in [0, 0.05) is 55.1 Å². The van der Waals surface area contributed by atoms with Gasteiger partial charge in [-0.3, -0.25) is 14.1 Å². The zero-order valence-corrected chi connectivity index (χ0v) is 38.0. The van der Waals surface area contributed by atoms with Crippen molar-refractivity contribution >= 4 is 43.3 Å². The van der Waals surface area contributed by atoms with Crippen LogP contribution >= 0.6 is 0 Å². The van der Waals surface area contributed by atoms with Gasteiger partial charge in [-0.2, -0.15) is 13.1 Å². The zero-order chi connectivity index (χ0) is 46.8. The standard InChI is InChI=1S/C52H49N3O9S2/c1-3-54(35-37-14-8-5-9-15-37)42-24-20-39(21-25-42)51(40-22-26-43(27-23-40)55(4-2)36-38-16-10-6-11-17-38)47-31-29-45(33-49(47)66(61,62)63)65(59,60)53-34-50(57)64-44-28-30-46(48(56)32-44)52(58)41-18-12-7-13-19-41/h5-33,51,53,56H,3-4,34-36H2,1-2H3,(H,61,62,63). The minimum atomic E-state index is -5.05. The van der Waals surface area contributed by atoms with E-state index >= 15 is 0 Å². The van der Waals surface area contributed by atoms with Crippen molar-refractivity contribution in [3.05, 3.63) is 215 Å². The number of benzene rings is 7. The molecule has 0 aliphatic rings. The van der Waals surface area contributed by atoms with E-state index in [9.17, 15) is 36.1 Å². The number of nitrogens with zero attached hydrogens (tertiary/aromatic N) is 2. The SMILES string of the molecule is CCN(Cc1ccccc1)c1ccc(C(c2ccc(N(CC)Cc3ccccc3)cc2)c2ccc(S(=O)(=O)NCC(=O)Oc3ccc(C(=O)c4ccccc4)c(O)c3)cc2S(=O)(=O)O)cc1. The maximum atomic E-state index is 13.6. The van der Waals surface area contributed by atoms with Crippen molar-refractivity contribution in [2.75, 3.05) is 29.4 Å². The molecule has 66 heavy (non-hydrogen) atoms. The molecule has 0 amide bonds. The minimum Gasteiger partial charge on any atom is -0.507 e. The molecular weight excluding hydrogens is 875 g/mol. The summed E-state index contributed by atoms with van der Waals surface area (Å²) in [7, 11) is -9.63. The van der Waals surface area contributed by atoms with Crippen molar-refractivity contribution in [3.63, 3.8) is 0 Å². The number of phenols is 1. The molecule has 3 N–H and O–H groups in total. The molecule has 0 radical (unpaired) electrons. The first-order valence-corrected chi connectivity index (χ1v) is 24.2. The molecule has 12 nitrogen and oxygen atoms in total. The van der Waals surface area contributed by atoms with Gasteiger partial charge >= 0.3 is 5.97 Å². The molecule has 0 atom stereocenters. The van der Waals surface area contributed by atoms with Crippen LogP contribution in [0.2, 0.25) is 0 Å². The third kappa shape index (κ3) is 11.4. The number of sulfonamides is 1. The van der Waals surface area contributed by atoms with Gasteiger partial charge in [0.2, 0.25) is 10.0 Å². The van der Waals surface area contributed by atoms with Crippen LogP contribution in [0.4, 0.5) is 11.4 Å². The molecule has 338 valence electrons. The van der Waals surface area contributed by atoms with E-state index in [2.05, 4.69) is 52.6 Å². The van der Waals surface area contributed by atoms with Gasteiger partial charge in [-0.1, -0.05) is 121 Å². The van der Waals surface area contributed by atoms with Crippen LogP contribution in [0.1, 0.15) is 63.5 Å². The van der Waals surface area contributed by atoms with Crippen molar-refractivity contribution < 1.29 is 40.8 Å². The monoisotopic (exact) mass is 923 g/mol. The highest BCUT2D eigenvalue weighted by molar-refractivity contribution is 7.89. The number of ketones is 1. The summed E-state index contributed by atoms with van der Waals surface area (Å²) in [6.07, 6.45) is 0. The maximum Gasteiger partial charge on any atom is 0.326 e. The fourth-order valence-electron chi connectivity index (χ4n) is 7.75. The van der Waals surface area contributed by atoms with Gasteiger partial charge in [0.15, 0.2) is 5.78 Å². The summed E-state index contributed by atoms with van der Waals surface area (Å²) in [6.45, 7) is 6.02. The molecule has 7 aromatic carbocycles. The number of rotatable bonds is 19. The highest BCUT2D eigenvalue weighted by Gasteiger charge is 2.29. The molecule has 0 aromatic heterocycles. The number of anilines is 2. The van der Waals surface area contributed by atoms with Gasteiger partial charge in [0.25, 0.3) is 10.1 Å². The minimum absolute atomic E-state index is 0.0278. The average Bonchev–Trinajstić information content (AvgIpc) is 3.33. The number of nitrogens with one attached hydrogen (secondary N) is 1. The number of esters is 1.